The minimum Gasteiger partial charge on any atom is -0.385 e. The molecule has 0 spiro atoms. The van der Waals surface area contributed by atoms with E-state index in [0.29, 0.717) is 0 Å². The van der Waals surface area contributed by atoms with Crippen molar-refractivity contribution in [2.45, 2.75) is 20.4 Å². The summed E-state index contributed by atoms with van der Waals surface area (Å²) in [6.45, 7) is 5.99. The van der Waals surface area contributed by atoms with Crippen LogP contribution in [0.2, 0.25) is 0 Å². The van der Waals surface area contributed by atoms with Crippen LogP contribution in [-0.4, -0.2) is 21.1 Å². The molecule has 0 fully saturated rings. The van der Waals surface area contributed by atoms with Crippen LogP contribution in [0.15, 0.2) is 30.7 Å². The average Bonchev–Trinajstić information content (AvgIpc) is 2.78. The maximum absolute atomic E-state index is 4.35. The van der Waals surface area contributed by atoms with Gasteiger partial charge in [-0.05, 0) is 26.0 Å². The monoisotopic (exact) mass is 216 g/mol. The van der Waals surface area contributed by atoms with Gasteiger partial charge in [0.1, 0.15) is 5.69 Å². The first-order valence-electron chi connectivity index (χ1n) is 5.56. The average molecular weight is 216 g/mol. The van der Waals surface area contributed by atoms with Crippen LogP contribution in [0, 0.1) is 0 Å². The van der Waals surface area contributed by atoms with Gasteiger partial charge in [-0.1, -0.05) is 0 Å². The van der Waals surface area contributed by atoms with Crippen LogP contribution in [-0.2, 0) is 6.54 Å². The Hall–Kier alpha value is -1.84. The second-order valence-corrected chi connectivity index (χ2v) is 3.50. The van der Waals surface area contributed by atoms with Crippen molar-refractivity contribution in [3.63, 3.8) is 0 Å². The Labute approximate surface area is 95.4 Å². The Morgan fingerprint density at radius 3 is 2.88 bits per heavy atom. The summed E-state index contributed by atoms with van der Waals surface area (Å²) in [5, 5.41) is 3.27. The van der Waals surface area contributed by atoms with E-state index in [2.05, 4.69) is 33.7 Å². The number of nitrogens with one attached hydrogen (secondary N) is 1. The van der Waals surface area contributed by atoms with Gasteiger partial charge in [0, 0.05) is 37.4 Å². The third kappa shape index (κ3) is 2.05. The van der Waals surface area contributed by atoms with Crippen molar-refractivity contribution >= 4 is 5.69 Å². The van der Waals surface area contributed by atoms with Crippen LogP contribution in [0.4, 0.5) is 5.69 Å². The van der Waals surface area contributed by atoms with Crippen LogP contribution in [0.1, 0.15) is 13.8 Å². The Balaban J connectivity index is 2.36. The van der Waals surface area contributed by atoms with Gasteiger partial charge in [-0.25, -0.2) is 4.98 Å². The molecule has 4 heteroatoms. The molecule has 0 unspecified atom stereocenters. The lowest BCUT2D eigenvalue weighted by molar-refractivity contribution is 0.768. The van der Waals surface area contributed by atoms with Crippen molar-refractivity contribution < 1.29 is 0 Å². The van der Waals surface area contributed by atoms with E-state index in [-0.39, 0.29) is 0 Å². The first-order valence-corrected chi connectivity index (χ1v) is 5.56. The van der Waals surface area contributed by atoms with Crippen molar-refractivity contribution in [3.8, 4) is 11.5 Å². The molecule has 0 aromatic carbocycles. The van der Waals surface area contributed by atoms with Gasteiger partial charge in [-0.15, -0.1) is 0 Å². The molecule has 0 aliphatic carbocycles. The molecule has 0 saturated heterocycles. The first-order chi connectivity index (χ1) is 7.85. The molecule has 0 aliphatic heterocycles. The molecule has 2 rings (SSSR count). The van der Waals surface area contributed by atoms with Crippen molar-refractivity contribution in [2.24, 2.45) is 0 Å². The summed E-state index contributed by atoms with van der Waals surface area (Å²) in [7, 11) is 0. The molecule has 84 valence electrons. The van der Waals surface area contributed by atoms with Crippen molar-refractivity contribution in [3.05, 3.63) is 30.7 Å². The van der Waals surface area contributed by atoms with Crippen molar-refractivity contribution in [1.82, 2.24) is 14.5 Å². The van der Waals surface area contributed by atoms with E-state index in [1.165, 1.54) is 0 Å². The van der Waals surface area contributed by atoms with Gasteiger partial charge < -0.3 is 9.88 Å². The molecule has 0 atom stereocenters. The van der Waals surface area contributed by atoms with E-state index in [0.717, 1.165) is 30.3 Å². The zero-order valence-corrected chi connectivity index (χ0v) is 9.64. The fourth-order valence-corrected chi connectivity index (χ4v) is 1.66. The second kappa shape index (κ2) is 4.79. The van der Waals surface area contributed by atoms with Crippen LogP contribution >= 0.6 is 0 Å². The van der Waals surface area contributed by atoms with E-state index in [1.807, 2.05) is 24.5 Å². The molecular formula is C12H16N4. The standard InChI is InChI=1S/C12H16N4/c1-3-13-10-5-6-14-11(9-10)12-15-7-8-16(12)4-2/h5-9H,3-4H2,1-2H3,(H,13,14). The van der Waals surface area contributed by atoms with E-state index < -0.39 is 0 Å². The third-order valence-corrected chi connectivity index (χ3v) is 2.43. The largest absolute Gasteiger partial charge is 0.385 e. The molecule has 4 nitrogen and oxygen atoms in total. The van der Waals surface area contributed by atoms with Gasteiger partial charge in [0.15, 0.2) is 5.82 Å². The number of hydrogen-bond acceptors (Lipinski definition) is 3. The number of pyridine rings is 1. The summed E-state index contributed by atoms with van der Waals surface area (Å²) in [5.41, 5.74) is 1.99. The molecule has 0 radical (unpaired) electrons. The van der Waals surface area contributed by atoms with E-state index in [9.17, 15) is 0 Å². The first kappa shape index (κ1) is 10.7. The predicted molar refractivity (Wildman–Crippen MR) is 65.3 cm³/mol. The number of nitrogens with zero attached hydrogens (tertiary/aromatic N) is 3. The maximum Gasteiger partial charge on any atom is 0.158 e. The van der Waals surface area contributed by atoms with Gasteiger partial charge in [-0.3, -0.25) is 4.98 Å². The predicted octanol–water partition coefficient (Wildman–Crippen LogP) is 2.40. The highest BCUT2D eigenvalue weighted by molar-refractivity contribution is 5.58. The zero-order valence-electron chi connectivity index (χ0n) is 9.64. The zero-order chi connectivity index (χ0) is 11.4. The molecule has 0 bridgehead atoms. The van der Waals surface area contributed by atoms with E-state index >= 15 is 0 Å². The van der Waals surface area contributed by atoms with Crippen LogP contribution < -0.4 is 5.32 Å². The van der Waals surface area contributed by atoms with Crippen LogP contribution in [0.5, 0.6) is 0 Å². The molecule has 2 aromatic heterocycles. The summed E-state index contributed by atoms with van der Waals surface area (Å²) in [6, 6.07) is 3.99. The highest BCUT2D eigenvalue weighted by atomic mass is 15.1. The van der Waals surface area contributed by atoms with Crippen molar-refractivity contribution in [1.29, 1.82) is 0 Å². The third-order valence-electron chi connectivity index (χ3n) is 2.43. The molecule has 0 amide bonds. The number of aryl methyl sites for hydroxylation is 1. The van der Waals surface area contributed by atoms with E-state index in [1.54, 1.807) is 6.20 Å². The highest BCUT2D eigenvalue weighted by Crippen LogP contribution is 2.18. The normalized spacial score (nSPS) is 10.4. The fraction of sp³-hybridized carbons (Fsp3) is 0.333. The summed E-state index contributed by atoms with van der Waals surface area (Å²) in [6.07, 6.45) is 5.58. The summed E-state index contributed by atoms with van der Waals surface area (Å²) < 4.78 is 2.08. The molecule has 1 N–H and O–H groups in total. The molecule has 0 saturated carbocycles. The molecule has 2 heterocycles. The molecule has 0 aliphatic rings. The number of aromatic nitrogens is 3. The minimum atomic E-state index is 0.905. The molecule has 2 aromatic rings. The van der Waals surface area contributed by atoms with Crippen LogP contribution in [0.25, 0.3) is 11.5 Å². The summed E-state index contributed by atoms with van der Waals surface area (Å²) in [4.78, 5) is 8.68. The minimum absolute atomic E-state index is 0.905. The van der Waals surface area contributed by atoms with E-state index in [4.69, 9.17) is 0 Å². The van der Waals surface area contributed by atoms with Gasteiger partial charge in [0.05, 0.1) is 0 Å². The molecular weight excluding hydrogens is 200 g/mol. The Morgan fingerprint density at radius 1 is 1.25 bits per heavy atom. The van der Waals surface area contributed by atoms with Crippen molar-refractivity contribution in [2.75, 3.05) is 11.9 Å². The number of rotatable bonds is 4. The topological polar surface area (TPSA) is 42.7 Å². The van der Waals surface area contributed by atoms with Gasteiger partial charge in [0.25, 0.3) is 0 Å². The lowest BCUT2D eigenvalue weighted by Gasteiger charge is -2.06. The molecule has 16 heavy (non-hydrogen) atoms. The summed E-state index contributed by atoms with van der Waals surface area (Å²) in [5.74, 6) is 0.919. The summed E-state index contributed by atoms with van der Waals surface area (Å²) >= 11 is 0. The van der Waals surface area contributed by atoms with Crippen LogP contribution in [0.3, 0.4) is 0 Å². The second-order valence-electron chi connectivity index (χ2n) is 3.50. The maximum atomic E-state index is 4.35. The highest BCUT2D eigenvalue weighted by Gasteiger charge is 2.06. The lowest BCUT2D eigenvalue weighted by Crippen LogP contribution is -2.00. The Morgan fingerprint density at radius 2 is 2.12 bits per heavy atom. The Bertz CT molecular complexity index is 462. The Kier molecular flexibility index (Phi) is 3.19. The number of imidazole rings is 1. The van der Waals surface area contributed by atoms with Gasteiger partial charge >= 0.3 is 0 Å². The number of hydrogen-bond donors (Lipinski definition) is 1. The quantitative estimate of drug-likeness (QED) is 0.853. The smallest absolute Gasteiger partial charge is 0.158 e. The van der Waals surface area contributed by atoms with Gasteiger partial charge in [0.2, 0.25) is 0 Å². The number of anilines is 1. The fourth-order valence-electron chi connectivity index (χ4n) is 1.66. The lowest BCUT2D eigenvalue weighted by atomic mass is 10.3. The van der Waals surface area contributed by atoms with Gasteiger partial charge in [-0.2, -0.15) is 0 Å². The SMILES string of the molecule is CCNc1ccnc(-c2nccn2CC)c1.